The van der Waals surface area contributed by atoms with Crippen molar-refractivity contribution >= 4 is 27.5 Å². The molecule has 0 atom stereocenters. The van der Waals surface area contributed by atoms with E-state index in [1.54, 1.807) is 12.1 Å². The molecule has 8 heteroatoms. The lowest BCUT2D eigenvalue weighted by Gasteiger charge is -2.32. The molecule has 26 heavy (non-hydrogen) atoms. The molecule has 0 bridgehead atoms. The van der Waals surface area contributed by atoms with Crippen LogP contribution in [0.15, 0.2) is 29.2 Å². The average Bonchev–Trinajstić information content (AvgIpc) is 2.60. The Hall–Kier alpha value is -1.93. The number of carbonyl (C=O) groups is 2. The first-order valence-electron chi connectivity index (χ1n) is 8.99. The largest absolute Gasteiger partial charge is 0.343 e. The lowest BCUT2D eigenvalue weighted by molar-refractivity contribution is -0.132. The summed E-state index contributed by atoms with van der Waals surface area (Å²) in [6.07, 6.45) is 3.66. The van der Waals surface area contributed by atoms with Gasteiger partial charge in [-0.3, -0.25) is 9.59 Å². The molecule has 0 radical (unpaired) electrons. The Morgan fingerprint density at radius 1 is 1.15 bits per heavy atom. The van der Waals surface area contributed by atoms with Gasteiger partial charge in [-0.05, 0) is 43.5 Å². The van der Waals surface area contributed by atoms with E-state index in [2.05, 4.69) is 17.0 Å². The monoisotopic (exact) mass is 381 g/mol. The quantitative estimate of drug-likeness (QED) is 0.756. The van der Waals surface area contributed by atoms with Crippen LogP contribution in [0, 0.1) is 0 Å². The smallest absolute Gasteiger partial charge is 0.240 e. The first-order chi connectivity index (χ1) is 12.3. The third-order valence-electron chi connectivity index (χ3n) is 4.40. The highest BCUT2D eigenvalue weighted by atomic mass is 32.2. The third-order valence-corrected chi connectivity index (χ3v) is 5.94. The summed E-state index contributed by atoms with van der Waals surface area (Å²) in [5, 5.41) is 2.60. The highest BCUT2D eigenvalue weighted by molar-refractivity contribution is 7.89. The molecule has 2 rings (SSSR count). The van der Waals surface area contributed by atoms with Gasteiger partial charge in [-0.25, -0.2) is 13.1 Å². The fourth-order valence-corrected chi connectivity index (χ4v) is 4.25. The van der Waals surface area contributed by atoms with Gasteiger partial charge in [-0.2, -0.15) is 0 Å². The molecule has 0 unspecified atom stereocenters. The summed E-state index contributed by atoms with van der Waals surface area (Å²) >= 11 is 0. The topological polar surface area (TPSA) is 95.6 Å². The molecule has 144 valence electrons. The molecule has 2 N–H and O–H groups in total. The molecular weight excluding hydrogens is 354 g/mol. The van der Waals surface area contributed by atoms with E-state index in [-0.39, 0.29) is 22.8 Å². The first kappa shape index (κ1) is 20.4. The Labute approximate surface area is 155 Å². The van der Waals surface area contributed by atoms with Crippen molar-refractivity contribution < 1.29 is 18.0 Å². The van der Waals surface area contributed by atoms with Gasteiger partial charge in [0.15, 0.2) is 0 Å². The number of nitrogens with one attached hydrogen (secondary N) is 2. The van der Waals surface area contributed by atoms with Crippen molar-refractivity contribution in [1.82, 2.24) is 9.62 Å². The number of hydrogen-bond acceptors (Lipinski definition) is 4. The van der Waals surface area contributed by atoms with E-state index in [0.717, 1.165) is 12.8 Å². The highest BCUT2D eigenvalue weighted by Gasteiger charge is 2.26. The molecule has 1 aromatic carbocycles. The summed E-state index contributed by atoms with van der Waals surface area (Å²) in [7, 11) is -3.62. The molecule has 1 aromatic rings. The van der Waals surface area contributed by atoms with Crippen LogP contribution in [0.25, 0.3) is 0 Å². The SMILES string of the molecule is CCCCC(=O)N1CCC(NS(=O)(=O)c2ccc(NC(C)=O)cc2)CC1. The fourth-order valence-electron chi connectivity index (χ4n) is 2.94. The minimum absolute atomic E-state index is 0.154. The van der Waals surface area contributed by atoms with E-state index >= 15 is 0 Å². The molecule has 7 nitrogen and oxygen atoms in total. The van der Waals surface area contributed by atoms with E-state index in [4.69, 9.17) is 0 Å². The Morgan fingerprint density at radius 2 is 1.77 bits per heavy atom. The highest BCUT2D eigenvalue weighted by Crippen LogP contribution is 2.18. The molecule has 1 aliphatic rings. The first-order valence-corrected chi connectivity index (χ1v) is 10.5. The third kappa shape index (κ3) is 5.81. The van der Waals surface area contributed by atoms with Crippen LogP contribution in [0.5, 0.6) is 0 Å². The summed E-state index contributed by atoms with van der Waals surface area (Å²) in [6, 6.07) is 5.88. The second kappa shape index (κ2) is 9.14. The lowest BCUT2D eigenvalue weighted by atomic mass is 10.1. The number of likely N-dealkylation sites (tertiary alicyclic amines) is 1. The standard InChI is InChI=1S/C18H27N3O4S/c1-3-4-5-18(23)21-12-10-16(11-13-21)20-26(24,25)17-8-6-15(7-9-17)19-14(2)22/h6-9,16,20H,3-5,10-13H2,1-2H3,(H,19,22). The van der Waals surface area contributed by atoms with Gasteiger partial charge >= 0.3 is 0 Å². The van der Waals surface area contributed by atoms with E-state index in [0.29, 0.717) is 38.0 Å². The molecule has 0 aromatic heterocycles. The summed E-state index contributed by atoms with van der Waals surface area (Å²) in [4.78, 5) is 25.0. The van der Waals surface area contributed by atoms with Gasteiger partial charge in [0.05, 0.1) is 4.90 Å². The van der Waals surface area contributed by atoms with Crippen LogP contribution in [0.1, 0.15) is 46.0 Å². The van der Waals surface area contributed by atoms with Gasteiger partial charge in [-0.15, -0.1) is 0 Å². The van der Waals surface area contributed by atoms with Gasteiger partial charge in [0, 0.05) is 38.2 Å². The van der Waals surface area contributed by atoms with Crippen LogP contribution in [0.2, 0.25) is 0 Å². The van der Waals surface area contributed by atoms with Crippen LogP contribution < -0.4 is 10.0 Å². The lowest BCUT2D eigenvalue weighted by Crippen LogP contribution is -2.46. The number of anilines is 1. The van der Waals surface area contributed by atoms with Crippen LogP contribution >= 0.6 is 0 Å². The fraction of sp³-hybridized carbons (Fsp3) is 0.556. The van der Waals surface area contributed by atoms with Crippen molar-refractivity contribution in [3.05, 3.63) is 24.3 Å². The second-order valence-electron chi connectivity index (χ2n) is 6.59. The maximum absolute atomic E-state index is 12.5. The maximum Gasteiger partial charge on any atom is 0.240 e. The van der Waals surface area contributed by atoms with Crippen molar-refractivity contribution in [2.24, 2.45) is 0 Å². The van der Waals surface area contributed by atoms with Crippen molar-refractivity contribution in [3.8, 4) is 0 Å². The van der Waals surface area contributed by atoms with Gasteiger partial charge in [0.2, 0.25) is 21.8 Å². The number of benzene rings is 1. The van der Waals surface area contributed by atoms with Gasteiger partial charge < -0.3 is 10.2 Å². The molecule has 2 amide bonds. The van der Waals surface area contributed by atoms with Crippen molar-refractivity contribution in [3.63, 3.8) is 0 Å². The van der Waals surface area contributed by atoms with E-state index in [9.17, 15) is 18.0 Å². The Balaban J connectivity index is 1.90. The number of piperidine rings is 1. The molecule has 1 heterocycles. The van der Waals surface area contributed by atoms with Crippen LogP contribution in [-0.4, -0.2) is 44.3 Å². The molecule has 0 spiro atoms. The zero-order valence-corrected chi connectivity index (χ0v) is 16.1. The Bertz CT molecular complexity index is 723. The normalized spacial score (nSPS) is 15.7. The second-order valence-corrected chi connectivity index (χ2v) is 8.30. The minimum Gasteiger partial charge on any atom is -0.343 e. The van der Waals surface area contributed by atoms with Gasteiger partial charge in [0.25, 0.3) is 0 Å². The Kier molecular flexibility index (Phi) is 7.16. The molecule has 0 saturated carbocycles. The Morgan fingerprint density at radius 3 is 2.31 bits per heavy atom. The number of unbranched alkanes of at least 4 members (excludes halogenated alkanes) is 1. The average molecular weight is 381 g/mol. The summed E-state index contributed by atoms with van der Waals surface area (Å²) in [5.74, 6) is -0.0549. The van der Waals surface area contributed by atoms with Crippen molar-refractivity contribution in [2.45, 2.75) is 56.9 Å². The number of rotatable bonds is 7. The van der Waals surface area contributed by atoms with Crippen LogP contribution in [-0.2, 0) is 19.6 Å². The number of hydrogen-bond donors (Lipinski definition) is 2. The maximum atomic E-state index is 12.5. The molecule has 1 saturated heterocycles. The van der Waals surface area contributed by atoms with Crippen LogP contribution in [0.4, 0.5) is 5.69 Å². The number of carbonyl (C=O) groups excluding carboxylic acids is 2. The predicted molar refractivity (Wildman–Crippen MR) is 100 cm³/mol. The van der Waals surface area contributed by atoms with E-state index in [1.165, 1.54) is 19.1 Å². The summed E-state index contributed by atoms with van der Waals surface area (Å²) in [6.45, 7) is 4.61. The van der Waals surface area contributed by atoms with Crippen molar-refractivity contribution in [2.75, 3.05) is 18.4 Å². The summed E-state index contributed by atoms with van der Waals surface area (Å²) < 4.78 is 27.7. The molecule has 1 aliphatic heterocycles. The van der Waals surface area contributed by atoms with Crippen LogP contribution in [0.3, 0.4) is 0 Å². The van der Waals surface area contributed by atoms with Gasteiger partial charge in [0.1, 0.15) is 0 Å². The number of amides is 2. The summed E-state index contributed by atoms with van der Waals surface area (Å²) in [5.41, 5.74) is 0.551. The van der Waals surface area contributed by atoms with Crippen molar-refractivity contribution in [1.29, 1.82) is 0 Å². The zero-order valence-electron chi connectivity index (χ0n) is 15.3. The van der Waals surface area contributed by atoms with E-state index < -0.39 is 10.0 Å². The van der Waals surface area contributed by atoms with Gasteiger partial charge in [-0.1, -0.05) is 13.3 Å². The number of sulfonamides is 1. The number of nitrogens with zero attached hydrogens (tertiary/aromatic N) is 1. The zero-order chi connectivity index (χ0) is 19.2. The molecular formula is C18H27N3O4S. The van der Waals surface area contributed by atoms with E-state index in [1.807, 2.05) is 4.90 Å². The minimum atomic E-state index is -3.62. The predicted octanol–water partition coefficient (Wildman–Crippen LogP) is 2.10. The molecule has 0 aliphatic carbocycles. The molecule has 1 fully saturated rings.